The first-order valence-electron chi connectivity index (χ1n) is 12.9. The van der Waals surface area contributed by atoms with Crippen LogP contribution in [0.25, 0.3) is 22.3 Å². The minimum atomic E-state index is -5.38. The van der Waals surface area contributed by atoms with Crippen molar-refractivity contribution in [3.05, 3.63) is 29.3 Å². The van der Waals surface area contributed by atoms with Crippen molar-refractivity contribution in [3.63, 3.8) is 0 Å². The molecule has 3 aliphatic heterocycles. The average molecular weight is 718 g/mol. The van der Waals surface area contributed by atoms with Gasteiger partial charge in [0.15, 0.2) is 35.1 Å². The van der Waals surface area contributed by atoms with Crippen molar-refractivity contribution in [3.8, 4) is 0 Å². The molecular formula is C20H22N10Na2O13P2. The van der Waals surface area contributed by atoms with Gasteiger partial charge in [0.25, 0.3) is 21.2 Å². The Balaban J connectivity index is 0.00000217. The van der Waals surface area contributed by atoms with E-state index in [-0.39, 0.29) is 93.2 Å². The molecule has 0 spiro atoms. The second-order valence-electron chi connectivity index (χ2n) is 10.1. The number of rotatable bonds is 2. The molecule has 242 valence electrons. The largest absolute Gasteiger partial charge is 1.00 e. The van der Waals surface area contributed by atoms with Gasteiger partial charge in [0, 0.05) is 0 Å². The number of aliphatic hydroxyl groups is 2. The summed E-state index contributed by atoms with van der Waals surface area (Å²) in [5.41, 5.74) is 10.6. The number of phosphoric ester groups is 2. The van der Waals surface area contributed by atoms with Crippen LogP contribution in [0, 0.1) is 0 Å². The predicted molar refractivity (Wildman–Crippen MR) is 139 cm³/mol. The van der Waals surface area contributed by atoms with Gasteiger partial charge in [-0.3, -0.25) is 28.0 Å². The number of ether oxygens (including phenoxy) is 2. The molecule has 5 unspecified atom stereocenters. The van der Waals surface area contributed by atoms with Crippen LogP contribution < -0.4 is 85.9 Å². The Labute approximate surface area is 305 Å². The van der Waals surface area contributed by atoms with Crippen LogP contribution >= 0.6 is 15.6 Å². The summed E-state index contributed by atoms with van der Waals surface area (Å²) in [6, 6.07) is 0. The Morgan fingerprint density at radius 1 is 0.830 bits per heavy atom. The van der Waals surface area contributed by atoms with E-state index in [0.717, 1.165) is 17.2 Å². The first-order chi connectivity index (χ1) is 21.3. The summed E-state index contributed by atoms with van der Waals surface area (Å²) in [5, 5.41) is 22.0. The molecule has 7 heterocycles. The Kier molecular flexibility index (Phi) is 10.7. The quantitative estimate of drug-likeness (QED) is 0.0948. The van der Waals surface area contributed by atoms with Crippen molar-refractivity contribution in [2.45, 2.75) is 49.1 Å². The van der Waals surface area contributed by atoms with Crippen molar-refractivity contribution in [2.75, 3.05) is 24.7 Å². The zero-order valence-corrected chi connectivity index (χ0v) is 30.1. The third-order valence-corrected chi connectivity index (χ3v) is 9.24. The van der Waals surface area contributed by atoms with E-state index < -0.39 is 83.5 Å². The van der Waals surface area contributed by atoms with Crippen molar-refractivity contribution >= 4 is 49.7 Å². The number of aromatic nitrogens is 8. The van der Waals surface area contributed by atoms with Crippen molar-refractivity contribution in [1.82, 2.24) is 39.0 Å². The number of anilines is 2. The number of nitrogens with two attached hydrogens (primary N) is 2. The molecular weight excluding hydrogens is 696 g/mol. The van der Waals surface area contributed by atoms with Crippen LogP contribution in [-0.2, 0) is 36.7 Å². The maximum atomic E-state index is 13.1. The number of aromatic amines is 1. The number of fused-ring (bicyclic) bond motifs is 5. The summed E-state index contributed by atoms with van der Waals surface area (Å²) >= 11 is 0. The molecule has 0 saturated carbocycles. The number of hydrogen-bond acceptors (Lipinski definition) is 20. The van der Waals surface area contributed by atoms with E-state index in [0.29, 0.717) is 0 Å². The number of imidazole rings is 2. The summed E-state index contributed by atoms with van der Waals surface area (Å²) in [7, 11) is -10.7. The molecule has 27 heteroatoms. The van der Waals surface area contributed by atoms with Crippen LogP contribution in [0.2, 0.25) is 0 Å². The average Bonchev–Trinajstić information content (AvgIpc) is 3.72. The van der Waals surface area contributed by atoms with E-state index in [2.05, 4.69) is 29.9 Å². The molecule has 2 bridgehead atoms. The first kappa shape index (κ1) is 36.8. The Morgan fingerprint density at radius 3 is 2.13 bits per heavy atom. The van der Waals surface area contributed by atoms with Crippen LogP contribution in [0.1, 0.15) is 12.5 Å². The number of aliphatic hydroxyl groups excluding tert-OH is 2. The van der Waals surface area contributed by atoms with Crippen LogP contribution in [-0.4, -0.2) is 99.1 Å². The molecule has 3 aliphatic rings. The molecule has 0 aliphatic carbocycles. The summed E-state index contributed by atoms with van der Waals surface area (Å²) in [6.07, 6.45) is -9.85. The fourth-order valence-electron chi connectivity index (χ4n) is 5.28. The second-order valence-corrected chi connectivity index (χ2v) is 12.8. The van der Waals surface area contributed by atoms with E-state index in [9.17, 15) is 33.9 Å². The number of H-pyrrole nitrogens is 1. The van der Waals surface area contributed by atoms with Gasteiger partial charge in [0.1, 0.15) is 48.5 Å². The van der Waals surface area contributed by atoms with E-state index in [1.54, 1.807) is 0 Å². The molecule has 7 N–H and O–H groups in total. The van der Waals surface area contributed by atoms with Gasteiger partial charge in [0.2, 0.25) is 5.95 Å². The van der Waals surface area contributed by atoms with Gasteiger partial charge in [-0.1, -0.05) is 0 Å². The third-order valence-electron chi connectivity index (χ3n) is 7.30. The fraction of sp³-hybridized carbons (Fsp3) is 0.500. The van der Waals surface area contributed by atoms with Crippen LogP contribution in [0.4, 0.5) is 11.8 Å². The van der Waals surface area contributed by atoms with Crippen LogP contribution in [0.15, 0.2) is 23.8 Å². The predicted octanol–water partition coefficient (Wildman–Crippen LogP) is -9.60. The summed E-state index contributed by atoms with van der Waals surface area (Å²) in [6.45, 7) is -1.83. The molecule has 4 aromatic heterocycles. The van der Waals surface area contributed by atoms with Gasteiger partial charge in [-0.2, -0.15) is 4.98 Å². The van der Waals surface area contributed by atoms with Gasteiger partial charge >= 0.3 is 59.1 Å². The summed E-state index contributed by atoms with van der Waals surface area (Å²) in [5.74, 6) is -0.289. The molecule has 47 heavy (non-hydrogen) atoms. The molecule has 0 amide bonds. The van der Waals surface area contributed by atoms with Crippen molar-refractivity contribution in [2.24, 2.45) is 0 Å². The van der Waals surface area contributed by atoms with Gasteiger partial charge in [-0.15, -0.1) is 0 Å². The standard InChI is InChI=1S/C20H24N10O13P2.2Na/c21-14-8-15(24-3-23-14)29(4-25-8)18-11(32)12-7(41-18)2-39-45(36,37)43-13-10(31)6(1-38-44(34,35)42-12)40-19(13)30-5-26-9-16(30)27-20(22)28-17(9)33;;/h3-7,10-13,18-19,31-32H,1-2H2,(H,34,35)(H,36,37)(H2,21,23,24)(H3,22,27,28,33);;/q;2*+1/p-2/t6-,7-,10?,11-,12-,13-,18?,19?;;/m1../s1. The van der Waals surface area contributed by atoms with E-state index in [4.69, 9.17) is 39.0 Å². The molecule has 7 rings (SSSR count). The monoisotopic (exact) mass is 718 g/mol. The van der Waals surface area contributed by atoms with Crippen molar-refractivity contribution in [1.29, 1.82) is 0 Å². The summed E-state index contributed by atoms with van der Waals surface area (Å²) < 4.78 is 60.1. The molecule has 3 saturated heterocycles. The zero-order chi connectivity index (χ0) is 31.8. The fourth-order valence-corrected chi connectivity index (χ4v) is 7.15. The van der Waals surface area contributed by atoms with E-state index in [1.807, 2.05) is 0 Å². The molecule has 0 radical (unpaired) electrons. The SMILES string of the molecule is Nc1nc2c(ncn2C2O[C@@H]3COP(=O)([O-])O[C@@H]4[C@@H](COP(=O)([O-])O[C@@H]2C3O)OC(n2cnc3c(N)ncnc32)[C@@H]4O)c(=O)[nH]1.[Na+].[Na+]. The van der Waals surface area contributed by atoms with Crippen LogP contribution in [0.3, 0.4) is 0 Å². The third kappa shape index (κ3) is 6.85. The topological polar surface area (TPSA) is 335 Å². The van der Waals surface area contributed by atoms with E-state index >= 15 is 0 Å². The maximum absolute atomic E-state index is 13.1. The number of nitrogens with one attached hydrogen (secondary N) is 1. The number of nitrogens with zero attached hydrogens (tertiary/aromatic N) is 7. The second kappa shape index (κ2) is 13.7. The van der Waals surface area contributed by atoms with Gasteiger partial charge in [-0.05, 0) is 0 Å². The number of hydrogen-bond donors (Lipinski definition) is 5. The zero-order valence-electron chi connectivity index (χ0n) is 24.3. The van der Waals surface area contributed by atoms with Gasteiger partial charge in [-0.25, -0.2) is 19.9 Å². The number of nitrogen functional groups attached to an aromatic ring is 2. The van der Waals surface area contributed by atoms with Gasteiger partial charge in [0.05, 0.1) is 25.9 Å². The minimum absolute atomic E-state index is 0. The van der Waals surface area contributed by atoms with Gasteiger partial charge < -0.3 is 59.0 Å². The smallest absolute Gasteiger partial charge is 0.756 e. The molecule has 3 fully saturated rings. The minimum Gasteiger partial charge on any atom is -0.756 e. The summed E-state index contributed by atoms with van der Waals surface area (Å²) in [4.78, 5) is 60.4. The normalized spacial score (nSPS) is 36.1. The Morgan fingerprint density at radius 2 is 1.43 bits per heavy atom. The molecule has 0 aromatic carbocycles. The molecule has 10 atom stereocenters. The van der Waals surface area contributed by atoms with Crippen LogP contribution in [0.5, 0.6) is 0 Å². The van der Waals surface area contributed by atoms with Crippen molar-refractivity contribution < 1.29 is 116 Å². The number of phosphoric acid groups is 2. The molecule has 23 nitrogen and oxygen atoms in total. The maximum Gasteiger partial charge on any atom is 1.00 e. The molecule has 4 aromatic rings. The van der Waals surface area contributed by atoms with E-state index in [1.165, 1.54) is 10.9 Å². The first-order valence-corrected chi connectivity index (χ1v) is 15.8. The Hall–Kier alpha value is -1.44. The Bertz CT molecular complexity index is 1950.